The van der Waals surface area contributed by atoms with E-state index in [2.05, 4.69) is 21.2 Å². The number of quaternary nitrogens is 1. The second kappa shape index (κ2) is 7.74. The topological polar surface area (TPSA) is 53.9 Å². The Balaban J connectivity index is 1.81. The Hall–Kier alpha value is -1.40. The molecule has 6 heteroatoms. The van der Waals surface area contributed by atoms with Crippen LogP contribution >= 0.6 is 15.9 Å². The Morgan fingerprint density at radius 1 is 1.32 bits per heavy atom. The van der Waals surface area contributed by atoms with Crippen molar-refractivity contribution in [1.29, 1.82) is 0 Å². The maximum Gasteiger partial charge on any atom is 0.275 e. The van der Waals surface area contributed by atoms with Crippen LogP contribution in [0.15, 0.2) is 28.7 Å². The average Bonchev–Trinajstić information content (AvgIpc) is 2.48. The van der Waals surface area contributed by atoms with Crippen molar-refractivity contribution in [3.63, 3.8) is 0 Å². The van der Waals surface area contributed by atoms with Gasteiger partial charge in [0.2, 0.25) is 5.91 Å². The van der Waals surface area contributed by atoms with E-state index in [1.165, 1.54) is 4.90 Å². The Kier molecular flexibility index (Phi) is 5.97. The second-order valence-corrected chi connectivity index (χ2v) is 6.60. The largest absolute Gasteiger partial charge is 0.345 e. The smallest absolute Gasteiger partial charge is 0.275 e. The van der Waals surface area contributed by atoms with E-state index in [9.17, 15) is 9.59 Å². The first kappa shape index (κ1) is 17.0. The van der Waals surface area contributed by atoms with Gasteiger partial charge in [0.1, 0.15) is 0 Å². The van der Waals surface area contributed by atoms with Crippen LogP contribution in [0.5, 0.6) is 0 Å². The van der Waals surface area contributed by atoms with E-state index in [-0.39, 0.29) is 17.9 Å². The normalized spacial score (nSPS) is 17.1. The second-order valence-electron chi connectivity index (χ2n) is 5.74. The number of hydrogen-bond donors (Lipinski definition) is 2. The first-order chi connectivity index (χ1) is 10.5. The Labute approximate surface area is 139 Å². The summed E-state index contributed by atoms with van der Waals surface area (Å²) < 4.78 is 1.00. The predicted octanol–water partition coefficient (Wildman–Crippen LogP) is 0.373. The van der Waals surface area contributed by atoms with Gasteiger partial charge in [-0.3, -0.25) is 9.59 Å². The van der Waals surface area contributed by atoms with Crippen LogP contribution in [0.3, 0.4) is 0 Å². The van der Waals surface area contributed by atoms with Crippen molar-refractivity contribution in [2.24, 2.45) is 0 Å². The first-order valence-electron chi connectivity index (χ1n) is 7.60. The van der Waals surface area contributed by atoms with E-state index >= 15 is 0 Å². The SMILES string of the molecule is CC(=O)N1CC[NH+](CC(=O)N[C@H](C)c2ccccc2Br)CC1. The molecule has 1 aliphatic rings. The van der Waals surface area contributed by atoms with Gasteiger partial charge in [0.05, 0.1) is 32.2 Å². The molecule has 1 aromatic rings. The highest BCUT2D eigenvalue weighted by Gasteiger charge is 2.24. The van der Waals surface area contributed by atoms with Crippen molar-refractivity contribution in [1.82, 2.24) is 10.2 Å². The third-order valence-corrected chi connectivity index (χ3v) is 4.80. The monoisotopic (exact) mass is 368 g/mol. The maximum atomic E-state index is 12.2. The zero-order valence-corrected chi connectivity index (χ0v) is 14.6. The lowest BCUT2D eigenvalue weighted by Crippen LogP contribution is -3.15. The molecule has 1 aromatic carbocycles. The summed E-state index contributed by atoms with van der Waals surface area (Å²) >= 11 is 3.51. The number of nitrogens with zero attached hydrogens (tertiary/aromatic N) is 1. The van der Waals surface area contributed by atoms with Crippen molar-refractivity contribution in [3.05, 3.63) is 34.3 Å². The molecule has 0 bridgehead atoms. The summed E-state index contributed by atoms with van der Waals surface area (Å²) in [6.07, 6.45) is 0. The fourth-order valence-electron chi connectivity index (χ4n) is 2.74. The van der Waals surface area contributed by atoms with Crippen molar-refractivity contribution in [2.75, 3.05) is 32.7 Å². The van der Waals surface area contributed by atoms with E-state index in [1.807, 2.05) is 36.1 Å². The van der Waals surface area contributed by atoms with Crippen LogP contribution in [0.2, 0.25) is 0 Å². The quantitative estimate of drug-likeness (QED) is 0.806. The number of carbonyl (C=O) groups is 2. The molecule has 22 heavy (non-hydrogen) atoms. The molecule has 0 aromatic heterocycles. The van der Waals surface area contributed by atoms with E-state index in [0.717, 1.165) is 36.2 Å². The highest BCUT2D eigenvalue weighted by molar-refractivity contribution is 9.10. The number of nitrogens with one attached hydrogen (secondary N) is 2. The van der Waals surface area contributed by atoms with Gasteiger partial charge in [0.25, 0.3) is 5.91 Å². The van der Waals surface area contributed by atoms with Crippen molar-refractivity contribution in [3.8, 4) is 0 Å². The fourth-order valence-corrected chi connectivity index (χ4v) is 3.37. The third-order valence-electron chi connectivity index (χ3n) is 4.08. The summed E-state index contributed by atoms with van der Waals surface area (Å²) in [5.41, 5.74) is 1.08. The van der Waals surface area contributed by atoms with Crippen LogP contribution in [0, 0.1) is 0 Å². The molecular formula is C16H23BrN3O2+. The minimum atomic E-state index is -0.0269. The number of halogens is 1. The molecule has 1 heterocycles. The highest BCUT2D eigenvalue weighted by Crippen LogP contribution is 2.22. The average molecular weight is 369 g/mol. The van der Waals surface area contributed by atoms with Gasteiger partial charge in [-0.2, -0.15) is 0 Å². The third kappa shape index (κ3) is 4.55. The predicted molar refractivity (Wildman–Crippen MR) is 88.5 cm³/mol. The number of rotatable bonds is 4. The van der Waals surface area contributed by atoms with Crippen molar-refractivity contribution in [2.45, 2.75) is 19.9 Å². The fraction of sp³-hybridized carbons (Fsp3) is 0.500. The first-order valence-corrected chi connectivity index (χ1v) is 8.39. The molecule has 0 radical (unpaired) electrons. The van der Waals surface area contributed by atoms with Gasteiger partial charge in [0.15, 0.2) is 6.54 Å². The summed E-state index contributed by atoms with van der Waals surface area (Å²) in [4.78, 5) is 26.6. The van der Waals surface area contributed by atoms with Crippen LogP contribution in [-0.2, 0) is 9.59 Å². The summed E-state index contributed by atoms with van der Waals surface area (Å²) in [6.45, 7) is 7.17. The molecule has 5 nitrogen and oxygen atoms in total. The molecule has 120 valence electrons. The van der Waals surface area contributed by atoms with Crippen LogP contribution in [-0.4, -0.2) is 49.4 Å². The Bertz CT molecular complexity index is 542. The summed E-state index contributed by atoms with van der Waals surface area (Å²) in [6, 6.07) is 7.88. The standard InChI is InChI=1S/C16H22BrN3O2/c1-12(14-5-3-4-6-15(14)17)18-16(22)11-19-7-9-20(10-8-19)13(2)21/h3-6,12H,7-11H2,1-2H3,(H,18,22)/p+1/t12-/m1/s1. The van der Waals surface area contributed by atoms with Gasteiger partial charge in [-0.25, -0.2) is 0 Å². The molecule has 1 saturated heterocycles. The Morgan fingerprint density at radius 3 is 2.55 bits per heavy atom. The minimum absolute atomic E-state index is 0.0269. The molecule has 0 unspecified atom stereocenters. The lowest BCUT2D eigenvalue weighted by atomic mass is 10.1. The zero-order valence-electron chi connectivity index (χ0n) is 13.1. The van der Waals surface area contributed by atoms with Crippen LogP contribution < -0.4 is 10.2 Å². The van der Waals surface area contributed by atoms with Gasteiger partial charge in [0, 0.05) is 11.4 Å². The van der Waals surface area contributed by atoms with Gasteiger partial charge in [-0.1, -0.05) is 34.1 Å². The molecule has 0 saturated carbocycles. The number of hydrogen-bond acceptors (Lipinski definition) is 2. The minimum Gasteiger partial charge on any atom is -0.345 e. The molecule has 2 N–H and O–H groups in total. The number of benzene rings is 1. The number of amides is 2. The molecule has 1 aliphatic heterocycles. The van der Waals surface area contributed by atoms with Gasteiger partial charge in [-0.05, 0) is 18.6 Å². The summed E-state index contributed by atoms with van der Waals surface area (Å²) in [5, 5.41) is 3.05. The molecule has 1 fully saturated rings. The lowest BCUT2D eigenvalue weighted by Gasteiger charge is -2.31. The molecule has 2 amide bonds. The van der Waals surface area contributed by atoms with Crippen LogP contribution in [0.4, 0.5) is 0 Å². The zero-order chi connectivity index (χ0) is 16.1. The van der Waals surface area contributed by atoms with E-state index in [1.54, 1.807) is 6.92 Å². The molecular weight excluding hydrogens is 346 g/mol. The van der Waals surface area contributed by atoms with E-state index in [4.69, 9.17) is 0 Å². The summed E-state index contributed by atoms with van der Waals surface area (Å²) in [5.74, 6) is 0.167. The van der Waals surface area contributed by atoms with Crippen molar-refractivity contribution < 1.29 is 14.5 Å². The summed E-state index contributed by atoms with van der Waals surface area (Å²) in [7, 11) is 0. The molecule has 0 aliphatic carbocycles. The molecule has 1 atom stereocenters. The van der Waals surface area contributed by atoms with Crippen LogP contribution in [0.1, 0.15) is 25.5 Å². The molecule has 2 rings (SSSR count). The lowest BCUT2D eigenvalue weighted by molar-refractivity contribution is -0.896. The van der Waals surface area contributed by atoms with Crippen LogP contribution in [0.25, 0.3) is 0 Å². The number of carbonyl (C=O) groups excluding carboxylic acids is 2. The van der Waals surface area contributed by atoms with E-state index in [0.29, 0.717) is 6.54 Å². The maximum absolute atomic E-state index is 12.2. The highest BCUT2D eigenvalue weighted by atomic mass is 79.9. The number of piperazine rings is 1. The van der Waals surface area contributed by atoms with Gasteiger partial charge in [-0.15, -0.1) is 0 Å². The Morgan fingerprint density at radius 2 is 1.95 bits per heavy atom. The van der Waals surface area contributed by atoms with E-state index < -0.39 is 0 Å². The van der Waals surface area contributed by atoms with Crippen molar-refractivity contribution >= 4 is 27.7 Å². The van der Waals surface area contributed by atoms with Gasteiger partial charge < -0.3 is 15.1 Å². The molecule has 0 spiro atoms. The van der Waals surface area contributed by atoms with Gasteiger partial charge >= 0.3 is 0 Å².